The van der Waals surface area contributed by atoms with Crippen molar-refractivity contribution in [2.45, 2.75) is 40.3 Å². The zero-order chi connectivity index (χ0) is 24.5. The smallest absolute Gasteiger partial charge is 0.224 e. The van der Waals surface area contributed by atoms with Crippen LogP contribution in [0.4, 0.5) is 11.4 Å². The van der Waals surface area contributed by atoms with Gasteiger partial charge in [0.25, 0.3) is 0 Å². The average Bonchev–Trinajstić information content (AvgIpc) is 2.77. The third-order valence-corrected chi connectivity index (χ3v) is 5.39. The molecule has 0 radical (unpaired) electrons. The fourth-order valence-electron chi connectivity index (χ4n) is 3.40. The number of hydrogen-bond acceptors (Lipinski definition) is 4. The summed E-state index contributed by atoms with van der Waals surface area (Å²) >= 11 is 12.6. The summed E-state index contributed by atoms with van der Waals surface area (Å²) in [6.07, 6.45) is 0.488. The van der Waals surface area contributed by atoms with Crippen LogP contribution < -0.4 is 20.1 Å². The van der Waals surface area contributed by atoms with Gasteiger partial charge in [0.1, 0.15) is 6.61 Å². The Morgan fingerprint density at radius 1 is 0.941 bits per heavy atom. The summed E-state index contributed by atoms with van der Waals surface area (Å²) in [5.41, 5.74) is 3.53. The van der Waals surface area contributed by atoms with Gasteiger partial charge in [-0.15, -0.1) is 0 Å². The SMILES string of the molecule is CCOc1cc(CNc2cccc(NC(=O)CC(C)C)c2)cc(Cl)c1OCc1cccc(Cl)c1. The Morgan fingerprint density at radius 2 is 1.71 bits per heavy atom. The topological polar surface area (TPSA) is 59.6 Å². The minimum atomic E-state index is 0.00801. The number of ether oxygens (including phenoxy) is 2. The number of rotatable bonds is 11. The molecule has 3 rings (SSSR count). The number of benzene rings is 3. The van der Waals surface area contributed by atoms with E-state index in [1.54, 1.807) is 0 Å². The molecule has 0 heterocycles. The van der Waals surface area contributed by atoms with E-state index in [9.17, 15) is 4.79 Å². The van der Waals surface area contributed by atoms with Gasteiger partial charge in [-0.05, 0) is 66.4 Å². The Morgan fingerprint density at radius 3 is 2.44 bits per heavy atom. The van der Waals surface area contributed by atoms with Crippen LogP contribution in [-0.2, 0) is 17.9 Å². The van der Waals surface area contributed by atoms with Gasteiger partial charge in [0.15, 0.2) is 11.5 Å². The Balaban J connectivity index is 1.68. The van der Waals surface area contributed by atoms with Crippen molar-refractivity contribution in [3.05, 3.63) is 81.8 Å². The molecular formula is C27H30Cl2N2O3. The zero-order valence-electron chi connectivity index (χ0n) is 19.7. The van der Waals surface area contributed by atoms with Gasteiger partial charge in [0.05, 0.1) is 11.6 Å². The van der Waals surface area contributed by atoms with Crippen molar-refractivity contribution < 1.29 is 14.3 Å². The summed E-state index contributed by atoms with van der Waals surface area (Å²) in [6, 6.07) is 18.9. The van der Waals surface area contributed by atoms with E-state index >= 15 is 0 Å². The predicted octanol–water partition coefficient (Wildman–Crippen LogP) is 7.57. The monoisotopic (exact) mass is 500 g/mol. The lowest BCUT2D eigenvalue weighted by Crippen LogP contribution is -2.13. The highest BCUT2D eigenvalue weighted by atomic mass is 35.5. The number of carbonyl (C=O) groups excluding carboxylic acids is 1. The highest BCUT2D eigenvalue weighted by Gasteiger charge is 2.13. The van der Waals surface area contributed by atoms with Crippen LogP contribution in [-0.4, -0.2) is 12.5 Å². The lowest BCUT2D eigenvalue weighted by Gasteiger charge is -2.16. The first-order chi connectivity index (χ1) is 16.3. The molecule has 180 valence electrons. The van der Waals surface area contributed by atoms with E-state index in [1.807, 2.05) is 81.4 Å². The second-order valence-electron chi connectivity index (χ2n) is 8.34. The van der Waals surface area contributed by atoms with Crippen LogP contribution in [0.1, 0.15) is 38.3 Å². The van der Waals surface area contributed by atoms with Gasteiger partial charge in [0.2, 0.25) is 5.91 Å². The van der Waals surface area contributed by atoms with E-state index in [-0.39, 0.29) is 5.91 Å². The molecule has 0 unspecified atom stereocenters. The predicted molar refractivity (Wildman–Crippen MR) is 140 cm³/mol. The molecule has 0 atom stereocenters. The third kappa shape index (κ3) is 7.86. The molecule has 0 fully saturated rings. The highest BCUT2D eigenvalue weighted by molar-refractivity contribution is 6.32. The maximum absolute atomic E-state index is 12.1. The van der Waals surface area contributed by atoms with Crippen LogP contribution in [0.3, 0.4) is 0 Å². The molecule has 3 aromatic rings. The largest absolute Gasteiger partial charge is 0.490 e. The molecule has 0 bridgehead atoms. The summed E-state index contributed by atoms with van der Waals surface area (Å²) < 4.78 is 11.8. The van der Waals surface area contributed by atoms with E-state index in [0.717, 1.165) is 22.5 Å². The maximum atomic E-state index is 12.1. The number of carbonyl (C=O) groups is 1. The number of anilines is 2. The second-order valence-corrected chi connectivity index (χ2v) is 9.18. The van der Waals surface area contributed by atoms with Crippen molar-refractivity contribution in [2.75, 3.05) is 17.2 Å². The van der Waals surface area contributed by atoms with E-state index in [1.165, 1.54) is 0 Å². The van der Waals surface area contributed by atoms with Gasteiger partial charge in [-0.3, -0.25) is 4.79 Å². The lowest BCUT2D eigenvalue weighted by atomic mass is 10.1. The quantitative estimate of drug-likeness (QED) is 0.285. The molecule has 0 spiro atoms. The van der Waals surface area contributed by atoms with Crippen molar-refractivity contribution in [3.8, 4) is 11.5 Å². The number of hydrogen-bond donors (Lipinski definition) is 2. The first kappa shape index (κ1) is 25.7. The molecule has 0 aromatic heterocycles. The molecule has 7 heteroatoms. The summed E-state index contributed by atoms with van der Waals surface area (Å²) in [4.78, 5) is 12.1. The fraction of sp³-hybridized carbons (Fsp3) is 0.296. The zero-order valence-corrected chi connectivity index (χ0v) is 21.2. The van der Waals surface area contributed by atoms with Gasteiger partial charge in [-0.25, -0.2) is 0 Å². The van der Waals surface area contributed by atoms with E-state index in [4.69, 9.17) is 32.7 Å². The van der Waals surface area contributed by atoms with Crippen molar-refractivity contribution in [1.29, 1.82) is 0 Å². The Kier molecular flexibility index (Phi) is 9.49. The average molecular weight is 501 g/mol. The van der Waals surface area contributed by atoms with Crippen molar-refractivity contribution in [3.63, 3.8) is 0 Å². The van der Waals surface area contributed by atoms with Crippen LogP contribution in [0.5, 0.6) is 11.5 Å². The first-order valence-electron chi connectivity index (χ1n) is 11.3. The Labute approximate surface area is 211 Å². The van der Waals surface area contributed by atoms with Gasteiger partial charge in [-0.2, -0.15) is 0 Å². The molecule has 0 aliphatic heterocycles. The molecule has 34 heavy (non-hydrogen) atoms. The summed E-state index contributed by atoms with van der Waals surface area (Å²) in [5.74, 6) is 1.40. The lowest BCUT2D eigenvalue weighted by molar-refractivity contribution is -0.116. The van der Waals surface area contributed by atoms with Crippen molar-refractivity contribution in [1.82, 2.24) is 0 Å². The molecule has 0 aliphatic rings. The molecule has 5 nitrogen and oxygen atoms in total. The third-order valence-electron chi connectivity index (χ3n) is 4.88. The fourth-order valence-corrected chi connectivity index (χ4v) is 3.90. The van der Waals surface area contributed by atoms with Crippen LogP contribution in [0, 0.1) is 5.92 Å². The van der Waals surface area contributed by atoms with E-state index in [0.29, 0.717) is 53.6 Å². The standard InChI is InChI=1S/C27H30Cl2N2O3/c1-4-33-25-14-20(13-24(29)27(25)34-17-19-7-5-8-21(28)12-19)16-30-22-9-6-10-23(15-22)31-26(32)11-18(2)3/h5-10,12-15,18,30H,4,11,16-17H2,1-3H3,(H,31,32). The second kappa shape index (κ2) is 12.5. The minimum Gasteiger partial charge on any atom is -0.490 e. The summed E-state index contributed by atoms with van der Waals surface area (Å²) in [5, 5.41) is 7.44. The number of amides is 1. The summed E-state index contributed by atoms with van der Waals surface area (Å²) in [7, 11) is 0. The van der Waals surface area contributed by atoms with Gasteiger partial charge >= 0.3 is 0 Å². The number of nitrogens with one attached hydrogen (secondary N) is 2. The maximum Gasteiger partial charge on any atom is 0.224 e. The van der Waals surface area contributed by atoms with Crippen LogP contribution in [0.15, 0.2) is 60.7 Å². The molecule has 2 N–H and O–H groups in total. The molecule has 0 aliphatic carbocycles. The van der Waals surface area contributed by atoms with Gasteiger partial charge < -0.3 is 20.1 Å². The number of halogens is 2. The minimum absolute atomic E-state index is 0.00801. The molecule has 0 saturated heterocycles. The summed E-state index contributed by atoms with van der Waals surface area (Å²) in [6.45, 7) is 7.29. The molecule has 3 aromatic carbocycles. The van der Waals surface area contributed by atoms with E-state index in [2.05, 4.69) is 10.6 Å². The van der Waals surface area contributed by atoms with Crippen LogP contribution in [0.2, 0.25) is 10.0 Å². The van der Waals surface area contributed by atoms with Gasteiger partial charge in [-0.1, -0.05) is 55.2 Å². The molecule has 0 saturated carbocycles. The van der Waals surface area contributed by atoms with Crippen molar-refractivity contribution >= 4 is 40.5 Å². The highest BCUT2D eigenvalue weighted by Crippen LogP contribution is 2.37. The Bertz CT molecular complexity index is 1120. The first-order valence-corrected chi connectivity index (χ1v) is 12.1. The molecular weight excluding hydrogens is 471 g/mol. The van der Waals surface area contributed by atoms with E-state index < -0.39 is 0 Å². The van der Waals surface area contributed by atoms with Crippen molar-refractivity contribution in [2.24, 2.45) is 5.92 Å². The van der Waals surface area contributed by atoms with Crippen LogP contribution in [0.25, 0.3) is 0 Å². The normalized spacial score (nSPS) is 10.8. The van der Waals surface area contributed by atoms with Crippen LogP contribution >= 0.6 is 23.2 Å². The molecule has 1 amide bonds. The Hall–Kier alpha value is -2.89. The van der Waals surface area contributed by atoms with Gasteiger partial charge in [0, 0.05) is 29.4 Å².